The van der Waals surface area contributed by atoms with Crippen molar-refractivity contribution in [2.24, 2.45) is 17.8 Å². The number of allylic oxidation sites excluding steroid dienone is 1. The van der Waals surface area contributed by atoms with Gasteiger partial charge in [-0.1, -0.05) is 56.2 Å². The predicted octanol–water partition coefficient (Wildman–Crippen LogP) is 9.36. The fraction of sp³-hybridized carbons (Fsp3) is 0.515. The number of halogens is 2. The summed E-state index contributed by atoms with van der Waals surface area (Å²) in [6.07, 6.45) is 16.5. The van der Waals surface area contributed by atoms with Crippen LogP contribution in [0.5, 0.6) is 0 Å². The molecule has 0 atom stereocenters. The Labute approximate surface area is 211 Å². The largest absolute Gasteiger partial charge is 0.206 e. The van der Waals surface area contributed by atoms with Gasteiger partial charge < -0.3 is 0 Å². The lowest BCUT2D eigenvalue weighted by Gasteiger charge is -2.38. The van der Waals surface area contributed by atoms with Crippen LogP contribution in [-0.2, 0) is 6.42 Å². The predicted molar refractivity (Wildman–Crippen MR) is 142 cm³/mol. The van der Waals surface area contributed by atoms with Crippen molar-refractivity contribution in [3.63, 3.8) is 0 Å². The molecule has 2 aromatic carbocycles. The Morgan fingerprint density at radius 1 is 0.857 bits per heavy atom. The minimum atomic E-state index is -0.532. The van der Waals surface area contributed by atoms with Gasteiger partial charge >= 0.3 is 0 Å². The smallest absolute Gasteiger partial charge is 0.142 e. The van der Waals surface area contributed by atoms with Crippen LogP contribution in [0.4, 0.5) is 8.78 Å². The second-order valence-corrected chi connectivity index (χ2v) is 10.8. The normalized spacial score (nSPS) is 24.4. The molecule has 2 heteroatoms. The Kier molecular flexibility index (Phi) is 9.19. The number of hydrogen-bond acceptors (Lipinski definition) is 0. The highest BCUT2D eigenvalue weighted by atomic mass is 19.1. The first kappa shape index (κ1) is 25.7. The Morgan fingerprint density at radius 3 is 2.03 bits per heavy atom. The molecule has 0 heterocycles. The maximum Gasteiger partial charge on any atom is 0.142 e. The van der Waals surface area contributed by atoms with E-state index in [0.29, 0.717) is 0 Å². The molecule has 0 spiro atoms. The van der Waals surface area contributed by atoms with Crippen LogP contribution in [0.25, 0.3) is 0 Å². The molecular weight excluding hydrogens is 434 g/mol. The highest BCUT2D eigenvalue weighted by molar-refractivity contribution is 5.46. The minimum Gasteiger partial charge on any atom is -0.206 e. The third-order valence-corrected chi connectivity index (χ3v) is 8.47. The Bertz CT molecular complexity index is 1000. The van der Waals surface area contributed by atoms with E-state index < -0.39 is 11.6 Å². The highest BCUT2D eigenvalue weighted by Crippen LogP contribution is 2.44. The van der Waals surface area contributed by atoms with Gasteiger partial charge in [-0.25, -0.2) is 8.78 Å². The molecule has 2 aromatic rings. The summed E-state index contributed by atoms with van der Waals surface area (Å²) in [4.78, 5) is 0. The molecule has 0 N–H and O–H groups in total. The standard InChI is InChI=1S/C33H40F2/c1-3-5-7-25-12-15-27(16-13-25)28-17-19-29(20-18-28)30-22-32(34)31(33(35)23-30)21-14-26-10-8-24(6-4-2)9-11-26/h3,8-11,22-23,25,27-29H,1,4-7,12-13,15-20H2,2H3. The van der Waals surface area contributed by atoms with Gasteiger partial charge in [0.1, 0.15) is 11.6 Å². The monoisotopic (exact) mass is 474 g/mol. The molecule has 0 amide bonds. The van der Waals surface area contributed by atoms with E-state index in [-0.39, 0.29) is 11.5 Å². The Balaban J connectivity index is 1.33. The van der Waals surface area contributed by atoms with Crippen LogP contribution in [0.1, 0.15) is 106 Å². The summed E-state index contributed by atoms with van der Waals surface area (Å²) in [6.45, 7) is 6.00. The summed E-state index contributed by atoms with van der Waals surface area (Å²) in [5, 5.41) is 0. The van der Waals surface area contributed by atoms with Gasteiger partial charge in [-0.3, -0.25) is 0 Å². The van der Waals surface area contributed by atoms with Crippen LogP contribution in [0, 0.1) is 41.2 Å². The maximum atomic E-state index is 14.9. The summed E-state index contributed by atoms with van der Waals surface area (Å²) in [7, 11) is 0. The van der Waals surface area contributed by atoms with Gasteiger partial charge in [-0.2, -0.15) is 0 Å². The molecule has 0 unspecified atom stereocenters. The van der Waals surface area contributed by atoms with Crippen molar-refractivity contribution in [2.45, 2.75) is 89.9 Å². The molecule has 0 aliphatic heterocycles. The van der Waals surface area contributed by atoms with Crippen LogP contribution in [0.2, 0.25) is 0 Å². The summed E-state index contributed by atoms with van der Waals surface area (Å²) >= 11 is 0. The second kappa shape index (κ2) is 12.5. The summed E-state index contributed by atoms with van der Waals surface area (Å²) < 4.78 is 29.8. The Morgan fingerprint density at radius 2 is 1.46 bits per heavy atom. The van der Waals surface area contributed by atoms with E-state index >= 15 is 0 Å². The minimum absolute atomic E-state index is 0.117. The number of aryl methyl sites for hydroxylation is 1. The molecule has 0 nitrogen and oxygen atoms in total. The topological polar surface area (TPSA) is 0 Å². The van der Waals surface area contributed by atoms with Gasteiger partial charge in [0.2, 0.25) is 0 Å². The lowest BCUT2D eigenvalue weighted by atomic mass is 9.68. The number of benzene rings is 2. The average molecular weight is 475 g/mol. The highest BCUT2D eigenvalue weighted by Gasteiger charge is 2.31. The first-order valence-corrected chi connectivity index (χ1v) is 13.8. The zero-order chi connectivity index (χ0) is 24.6. The van der Waals surface area contributed by atoms with Crippen molar-refractivity contribution in [1.29, 1.82) is 0 Å². The van der Waals surface area contributed by atoms with E-state index in [4.69, 9.17) is 0 Å². The fourth-order valence-electron chi connectivity index (χ4n) is 6.35. The van der Waals surface area contributed by atoms with E-state index in [9.17, 15) is 8.78 Å². The first-order valence-electron chi connectivity index (χ1n) is 13.8. The number of rotatable bonds is 7. The fourth-order valence-corrected chi connectivity index (χ4v) is 6.35. The van der Waals surface area contributed by atoms with Crippen molar-refractivity contribution in [1.82, 2.24) is 0 Å². The zero-order valence-electron chi connectivity index (χ0n) is 21.3. The molecule has 186 valence electrons. The second-order valence-electron chi connectivity index (χ2n) is 10.8. The summed E-state index contributed by atoms with van der Waals surface area (Å²) in [5.74, 6) is 7.38. The van der Waals surface area contributed by atoms with Gasteiger partial charge in [0.15, 0.2) is 0 Å². The first-order chi connectivity index (χ1) is 17.1. The van der Waals surface area contributed by atoms with Crippen molar-refractivity contribution in [3.8, 4) is 11.8 Å². The van der Waals surface area contributed by atoms with Gasteiger partial charge in [0, 0.05) is 5.56 Å². The van der Waals surface area contributed by atoms with Crippen LogP contribution >= 0.6 is 0 Å². The molecule has 0 saturated heterocycles. The lowest BCUT2D eigenvalue weighted by Crippen LogP contribution is -2.25. The van der Waals surface area contributed by atoms with Gasteiger partial charge in [-0.05, 0) is 117 Å². The molecule has 2 fully saturated rings. The average Bonchev–Trinajstić information content (AvgIpc) is 2.88. The van der Waals surface area contributed by atoms with E-state index in [1.54, 1.807) is 0 Å². The summed E-state index contributed by atoms with van der Waals surface area (Å²) in [5.41, 5.74) is 2.72. The molecule has 2 aliphatic rings. The van der Waals surface area contributed by atoms with Crippen molar-refractivity contribution < 1.29 is 8.78 Å². The van der Waals surface area contributed by atoms with Crippen LogP contribution in [0.3, 0.4) is 0 Å². The van der Waals surface area contributed by atoms with Gasteiger partial charge in [0.25, 0.3) is 0 Å². The Hall–Kier alpha value is -2.40. The molecule has 0 aromatic heterocycles. The van der Waals surface area contributed by atoms with Crippen LogP contribution in [-0.4, -0.2) is 0 Å². The lowest BCUT2D eigenvalue weighted by molar-refractivity contribution is 0.157. The van der Waals surface area contributed by atoms with Gasteiger partial charge in [0.05, 0.1) is 5.56 Å². The van der Waals surface area contributed by atoms with Crippen molar-refractivity contribution in [3.05, 3.63) is 82.9 Å². The molecule has 2 aliphatic carbocycles. The molecule has 0 bridgehead atoms. The SMILES string of the molecule is C=CCCC1CCC(C2CCC(c3cc(F)c(C#Cc4ccc(CCC)cc4)c(F)c3)CC2)CC1. The molecular formula is C33H40F2. The molecule has 2 saturated carbocycles. The van der Waals surface area contributed by atoms with Crippen LogP contribution < -0.4 is 0 Å². The van der Waals surface area contributed by atoms with E-state index in [0.717, 1.165) is 61.0 Å². The van der Waals surface area contributed by atoms with Crippen molar-refractivity contribution in [2.75, 3.05) is 0 Å². The molecule has 35 heavy (non-hydrogen) atoms. The number of hydrogen-bond donors (Lipinski definition) is 0. The maximum absolute atomic E-state index is 14.9. The zero-order valence-corrected chi connectivity index (χ0v) is 21.3. The molecule has 0 radical (unpaired) electrons. The van der Waals surface area contributed by atoms with E-state index in [2.05, 4.69) is 25.3 Å². The third-order valence-electron chi connectivity index (χ3n) is 8.47. The quantitative estimate of drug-likeness (QED) is 0.277. The van der Waals surface area contributed by atoms with Gasteiger partial charge in [-0.15, -0.1) is 6.58 Å². The molecule has 4 rings (SSSR count). The third kappa shape index (κ3) is 6.84. The van der Waals surface area contributed by atoms with E-state index in [1.807, 2.05) is 30.3 Å². The van der Waals surface area contributed by atoms with E-state index in [1.165, 1.54) is 62.6 Å². The summed E-state index contributed by atoms with van der Waals surface area (Å²) in [6, 6.07) is 11.0. The van der Waals surface area contributed by atoms with Crippen molar-refractivity contribution >= 4 is 0 Å². The van der Waals surface area contributed by atoms with Crippen LogP contribution in [0.15, 0.2) is 49.1 Å².